The fourth-order valence-corrected chi connectivity index (χ4v) is 1.85. The molecule has 1 heterocycles. The Labute approximate surface area is 114 Å². The van der Waals surface area contributed by atoms with E-state index in [1.54, 1.807) is 25.3 Å². The van der Waals surface area contributed by atoms with Crippen molar-refractivity contribution in [2.24, 2.45) is 5.92 Å². The Morgan fingerprint density at radius 2 is 2.30 bits per heavy atom. The lowest BCUT2D eigenvalue weighted by molar-refractivity contribution is -0.120. The Morgan fingerprint density at radius 1 is 1.50 bits per heavy atom. The van der Waals surface area contributed by atoms with E-state index in [1.807, 2.05) is 0 Å². The molecule has 1 aromatic carbocycles. The first-order chi connectivity index (χ1) is 9.67. The van der Waals surface area contributed by atoms with E-state index in [1.165, 1.54) is 0 Å². The number of nitrogens with one attached hydrogen (secondary N) is 3. The lowest BCUT2D eigenvalue weighted by atomic mass is 10.3. The van der Waals surface area contributed by atoms with Crippen LogP contribution in [0.15, 0.2) is 22.6 Å². The molecule has 3 rings (SSSR count). The normalized spacial score (nSPS) is 14.1. The number of carbonyl (C=O) groups is 1. The zero-order valence-corrected chi connectivity index (χ0v) is 10.9. The van der Waals surface area contributed by atoms with E-state index in [0.717, 1.165) is 12.8 Å². The van der Waals surface area contributed by atoms with E-state index in [4.69, 9.17) is 14.6 Å². The number of methoxy groups -OCH3 is 1. The van der Waals surface area contributed by atoms with Crippen LogP contribution in [0.5, 0.6) is 5.75 Å². The molecule has 1 saturated carbocycles. The highest BCUT2D eigenvalue weighted by Gasteiger charge is 2.30. The molecule has 1 amide bonds. The van der Waals surface area contributed by atoms with Crippen LogP contribution in [0.2, 0.25) is 0 Å². The molecule has 1 aliphatic carbocycles. The standard InChI is InChI=1S/C13H14N4O3/c1-19-9-4-2-3-8-10(9)20-13(15-8)17-12(14)16-11(18)7-5-6-7/h2-4,7H,5-6H2,1H3,(H3,14,15,16,17,18). The third kappa shape index (κ3) is 2.42. The summed E-state index contributed by atoms with van der Waals surface area (Å²) >= 11 is 0. The molecule has 0 unspecified atom stereocenters. The van der Waals surface area contributed by atoms with Crippen molar-refractivity contribution in [1.29, 1.82) is 5.41 Å². The van der Waals surface area contributed by atoms with Crippen molar-refractivity contribution in [3.8, 4) is 5.75 Å². The second-order valence-corrected chi connectivity index (χ2v) is 4.59. The van der Waals surface area contributed by atoms with Gasteiger partial charge in [-0.25, -0.2) is 0 Å². The number of carbonyl (C=O) groups excluding carboxylic acids is 1. The van der Waals surface area contributed by atoms with Crippen LogP contribution < -0.4 is 15.4 Å². The van der Waals surface area contributed by atoms with Crippen molar-refractivity contribution < 1.29 is 13.9 Å². The predicted octanol–water partition coefficient (Wildman–Crippen LogP) is 1.71. The summed E-state index contributed by atoms with van der Waals surface area (Å²) < 4.78 is 10.6. The summed E-state index contributed by atoms with van der Waals surface area (Å²) in [6.45, 7) is 0. The first kappa shape index (κ1) is 12.5. The van der Waals surface area contributed by atoms with Gasteiger partial charge in [0.2, 0.25) is 11.9 Å². The smallest absolute Gasteiger partial charge is 0.302 e. The number of fused-ring (bicyclic) bond motifs is 1. The second kappa shape index (κ2) is 4.84. The number of oxazole rings is 1. The lowest BCUT2D eigenvalue weighted by Gasteiger charge is -2.04. The first-order valence-corrected chi connectivity index (χ1v) is 6.27. The number of anilines is 1. The molecule has 0 spiro atoms. The van der Waals surface area contributed by atoms with Gasteiger partial charge in [0.25, 0.3) is 0 Å². The third-order valence-electron chi connectivity index (χ3n) is 3.03. The number of amides is 1. The van der Waals surface area contributed by atoms with Crippen molar-refractivity contribution in [1.82, 2.24) is 10.3 Å². The largest absolute Gasteiger partial charge is 0.493 e. The van der Waals surface area contributed by atoms with Crippen LogP contribution in [0.4, 0.5) is 6.01 Å². The number of guanidine groups is 1. The molecule has 1 aliphatic rings. The Kier molecular flexibility index (Phi) is 3.02. The zero-order chi connectivity index (χ0) is 14.1. The number of hydrogen-bond donors (Lipinski definition) is 3. The Hall–Kier alpha value is -2.57. The molecule has 1 fully saturated rings. The predicted molar refractivity (Wildman–Crippen MR) is 72.8 cm³/mol. The molecule has 2 aromatic rings. The average Bonchev–Trinajstić information content (AvgIpc) is 3.19. The number of para-hydroxylation sites is 1. The monoisotopic (exact) mass is 274 g/mol. The summed E-state index contributed by atoms with van der Waals surface area (Å²) in [5.41, 5.74) is 1.12. The van der Waals surface area contributed by atoms with Crippen LogP contribution in [-0.2, 0) is 4.79 Å². The maximum absolute atomic E-state index is 11.5. The quantitative estimate of drug-likeness (QED) is 0.584. The molecule has 0 aliphatic heterocycles. The zero-order valence-electron chi connectivity index (χ0n) is 10.9. The highest BCUT2D eigenvalue weighted by atomic mass is 16.5. The van der Waals surface area contributed by atoms with Crippen molar-refractivity contribution in [2.45, 2.75) is 12.8 Å². The lowest BCUT2D eigenvalue weighted by Crippen LogP contribution is -2.36. The van der Waals surface area contributed by atoms with Crippen LogP contribution >= 0.6 is 0 Å². The van der Waals surface area contributed by atoms with Crippen molar-refractivity contribution >= 4 is 29.0 Å². The molecule has 7 heteroatoms. The average molecular weight is 274 g/mol. The van der Waals surface area contributed by atoms with Crippen molar-refractivity contribution in [3.63, 3.8) is 0 Å². The number of nitrogens with zero attached hydrogens (tertiary/aromatic N) is 1. The Bertz CT molecular complexity index is 675. The molecule has 7 nitrogen and oxygen atoms in total. The van der Waals surface area contributed by atoms with Crippen LogP contribution in [0.1, 0.15) is 12.8 Å². The molecule has 3 N–H and O–H groups in total. The summed E-state index contributed by atoms with van der Waals surface area (Å²) in [5, 5.41) is 12.8. The summed E-state index contributed by atoms with van der Waals surface area (Å²) in [6, 6.07) is 5.48. The van der Waals surface area contributed by atoms with E-state index in [0.29, 0.717) is 16.8 Å². The molecule has 104 valence electrons. The van der Waals surface area contributed by atoms with Crippen LogP contribution in [0, 0.1) is 11.3 Å². The minimum atomic E-state index is -0.146. The fraction of sp³-hybridized carbons (Fsp3) is 0.308. The number of benzene rings is 1. The number of ether oxygens (including phenoxy) is 1. The van der Waals surface area contributed by atoms with Gasteiger partial charge in [-0.3, -0.25) is 20.8 Å². The third-order valence-corrected chi connectivity index (χ3v) is 3.03. The minimum Gasteiger partial charge on any atom is -0.493 e. The van der Waals surface area contributed by atoms with Crippen LogP contribution in [0.3, 0.4) is 0 Å². The van der Waals surface area contributed by atoms with Gasteiger partial charge < -0.3 is 9.15 Å². The summed E-state index contributed by atoms with van der Waals surface area (Å²) in [6.07, 6.45) is 1.78. The maximum atomic E-state index is 11.5. The Balaban J connectivity index is 1.73. The van der Waals surface area contributed by atoms with Gasteiger partial charge in [-0.1, -0.05) is 6.07 Å². The van der Waals surface area contributed by atoms with E-state index in [-0.39, 0.29) is 23.8 Å². The van der Waals surface area contributed by atoms with Crippen molar-refractivity contribution in [3.05, 3.63) is 18.2 Å². The SMILES string of the molecule is COc1cccc2nc(NC(=N)NC(=O)C3CC3)oc12. The molecule has 20 heavy (non-hydrogen) atoms. The minimum absolute atomic E-state index is 0.0425. The topological polar surface area (TPSA) is 100 Å². The molecule has 0 atom stereocenters. The van der Waals surface area contributed by atoms with E-state index in [2.05, 4.69) is 15.6 Å². The van der Waals surface area contributed by atoms with Crippen LogP contribution in [-0.4, -0.2) is 24.0 Å². The van der Waals surface area contributed by atoms with E-state index >= 15 is 0 Å². The first-order valence-electron chi connectivity index (χ1n) is 6.27. The van der Waals surface area contributed by atoms with Gasteiger partial charge in [0.15, 0.2) is 11.3 Å². The molecular formula is C13H14N4O3. The van der Waals surface area contributed by atoms with E-state index in [9.17, 15) is 4.79 Å². The molecule has 1 aromatic heterocycles. The highest BCUT2D eigenvalue weighted by Crippen LogP contribution is 2.29. The van der Waals surface area contributed by atoms with Crippen molar-refractivity contribution in [2.75, 3.05) is 12.4 Å². The van der Waals surface area contributed by atoms with Gasteiger partial charge in [-0.2, -0.15) is 4.98 Å². The van der Waals surface area contributed by atoms with Gasteiger partial charge in [0, 0.05) is 5.92 Å². The molecule has 0 saturated heterocycles. The number of hydrogen-bond acceptors (Lipinski definition) is 5. The summed E-state index contributed by atoms with van der Waals surface area (Å²) in [5.74, 6) is 0.320. The Morgan fingerprint density at radius 3 is 3.00 bits per heavy atom. The van der Waals surface area contributed by atoms with Gasteiger partial charge in [-0.05, 0) is 25.0 Å². The molecule has 0 radical (unpaired) electrons. The fourth-order valence-electron chi connectivity index (χ4n) is 1.85. The van der Waals surface area contributed by atoms with Gasteiger partial charge in [0.05, 0.1) is 7.11 Å². The van der Waals surface area contributed by atoms with E-state index < -0.39 is 0 Å². The molecular weight excluding hydrogens is 260 g/mol. The van der Waals surface area contributed by atoms with Gasteiger partial charge in [0.1, 0.15) is 5.52 Å². The van der Waals surface area contributed by atoms with Crippen LogP contribution in [0.25, 0.3) is 11.1 Å². The molecule has 0 bridgehead atoms. The maximum Gasteiger partial charge on any atom is 0.302 e. The van der Waals surface area contributed by atoms with Gasteiger partial charge >= 0.3 is 6.01 Å². The number of rotatable bonds is 3. The summed E-state index contributed by atoms with van der Waals surface area (Å²) in [7, 11) is 1.54. The number of aromatic nitrogens is 1. The summed E-state index contributed by atoms with van der Waals surface area (Å²) in [4.78, 5) is 15.7. The van der Waals surface area contributed by atoms with Gasteiger partial charge in [-0.15, -0.1) is 0 Å². The highest BCUT2D eigenvalue weighted by molar-refractivity contribution is 6.03. The second-order valence-electron chi connectivity index (χ2n) is 4.59.